The van der Waals surface area contributed by atoms with Gasteiger partial charge >= 0.3 is 0 Å². The quantitative estimate of drug-likeness (QED) is 0.224. The van der Waals surface area contributed by atoms with Gasteiger partial charge < -0.3 is 0 Å². The van der Waals surface area contributed by atoms with Crippen LogP contribution in [-0.2, 0) is 0 Å². The highest BCUT2D eigenvalue weighted by atomic mass is 15.5. The molecule has 0 N–H and O–H groups in total. The van der Waals surface area contributed by atoms with Crippen molar-refractivity contribution in [2.24, 2.45) is 0 Å². The number of rotatable bonds is 4. The summed E-state index contributed by atoms with van der Waals surface area (Å²) in [7, 11) is 0. The Bertz CT molecular complexity index is 1620. The van der Waals surface area contributed by atoms with E-state index in [-0.39, 0.29) is 0 Å². The molecular formula is C34H24N8. The average molecular weight is 545 g/mol. The Labute approximate surface area is 243 Å². The van der Waals surface area contributed by atoms with Crippen LogP contribution in [0.25, 0.3) is 0 Å². The number of hydrogen-bond donors (Lipinski definition) is 0. The van der Waals surface area contributed by atoms with E-state index in [1.807, 2.05) is 97.6 Å². The number of benzene rings is 2. The first kappa shape index (κ1) is 23.8. The molecule has 8 nitrogen and oxygen atoms in total. The van der Waals surface area contributed by atoms with Crippen LogP contribution in [-0.4, -0.2) is 19.9 Å². The molecule has 0 spiro atoms. The van der Waals surface area contributed by atoms with Crippen LogP contribution in [0.3, 0.4) is 0 Å². The first-order valence-electron chi connectivity index (χ1n) is 13.7. The van der Waals surface area contributed by atoms with Gasteiger partial charge in [-0.2, -0.15) is 0 Å². The molecule has 8 heteroatoms. The third kappa shape index (κ3) is 3.70. The van der Waals surface area contributed by atoms with E-state index in [0.717, 1.165) is 57.7 Å². The molecule has 0 saturated carbocycles. The molecule has 2 aliphatic heterocycles. The van der Waals surface area contributed by atoms with E-state index in [0.29, 0.717) is 0 Å². The lowest BCUT2D eigenvalue weighted by molar-refractivity contribution is 0.964. The lowest BCUT2D eigenvalue weighted by Gasteiger charge is -2.32. The number of pyridine rings is 4. The molecule has 6 aromatic rings. The summed E-state index contributed by atoms with van der Waals surface area (Å²) in [6.45, 7) is 0. The second-order valence-corrected chi connectivity index (χ2v) is 9.72. The maximum atomic E-state index is 4.83. The maximum absolute atomic E-state index is 4.83. The Morgan fingerprint density at radius 1 is 0.286 bits per heavy atom. The minimum Gasteiger partial charge on any atom is -0.275 e. The van der Waals surface area contributed by atoms with Gasteiger partial charge in [0, 0.05) is 24.8 Å². The zero-order chi connectivity index (χ0) is 27.9. The number of hydrogen-bond acceptors (Lipinski definition) is 8. The zero-order valence-electron chi connectivity index (χ0n) is 22.4. The summed E-state index contributed by atoms with van der Waals surface area (Å²) in [4.78, 5) is 28.1. The molecule has 6 heterocycles. The normalized spacial score (nSPS) is 13.9. The summed E-state index contributed by atoms with van der Waals surface area (Å²) in [5.74, 6) is 4.82. The highest BCUT2D eigenvalue weighted by Crippen LogP contribution is 2.55. The zero-order valence-corrected chi connectivity index (χ0v) is 22.4. The third-order valence-corrected chi connectivity index (χ3v) is 7.29. The Balaban J connectivity index is 1.53. The molecule has 0 saturated heterocycles. The van der Waals surface area contributed by atoms with Crippen LogP contribution in [0.4, 0.5) is 46.0 Å². The first-order chi connectivity index (χ1) is 20.9. The van der Waals surface area contributed by atoms with Crippen molar-refractivity contribution in [2.75, 3.05) is 19.6 Å². The monoisotopic (exact) mass is 544 g/mol. The van der Waals surface area contributed by atoms with Crippen molar-refractivity contribution in [1.82, 2.24) is 19.9 Å². The van der Waals surface area contributed by atoms with Gasteiger partial charge in [0.2, 0.25) is 0 Å². The van der Waals surface area contributed by atoms with E-state index < -0.39 is 0 Å². The van der Waals surface area contributed by atoms with E-state index in [1.54, 1.807) is 0 Å². The smallest absolute Gasteiger partial charge is 0.168 e. The summed E-state index contributed by atoms with van der Waals surface area (Å²) < 4.78 is 0. The molecule has 0 amide bonds. The van der Waals surface area contributed by atoms with Crippen molar-refractivity contribution >= 4 is 46.0 Å². The van der Waals surface area contributed by atoms with Crippen molar-refractivity contribution in [1.29, 1.82) is 0 Å². The minimum absolute atomic E-state index is 0.781. The summed E-state index contributed by atoms with van der Waals surface area (Å²) in [5.41, 5.74) is 3.95. The van der Waals surface area contributed by atoms with Crippen molar-refractivity contribution < 1.29 is 0 Å². The van der Waals surface area contributed by atoms with Crippen LogP contribution >= 0.6 is 0 Å². The van der Waals surface area contributed by atoms with E-state index in [1.165, 1.54) is 0 Å². The molecule has 0 atom stereocenters. The first-order valence-corrected chi connectivity index (χ1v) is 13.7. The highest BCUT2D eigenvalue weighted by molar-refractivity contribution is 5.98. The molecule has 2 aromatic carbocycles. The Kier molecular flexibility index (Phi) is 5.60. The van der Waals surface area contributed by atoms with Gasteiger partial charge in [-0.05, 0) is 72.8 Å². The van der Waals surface area contributed by atoms with Crippen LogP contribution < -0.4 is 19.6 Å². The summed E-state index contributed by atoms with van der Waals surface area (Å²) in [6.07, 6.45) is 7.28. The predicted octanol–water partition coefficient (Wildman–Crippen LogP) is 7.67. The number of para-hydroxylation sites is 4. The van der Waals surface area contributed by atoms with Crippen LogP contribution in [0, 0.1) is 0 Å². The van der Waals surface area contributed by atoms with Crippen molar-refractivity contribution in [2.45, 2.75) is 0 Å². The minimum atomic E-state index is 0.781. The standard InChI is InChI=1S/C34H24N8/c1-2-14-26-25(13-1)39(29-17-5-9-21-35-29)33(40(26)30-18-6-10-22-36-30)34-41(31-19-7-11-23-37-31)27-15-3-4-16-28(27)42(34)32-20-8-12-24-38-32/h1-24H. The topological polar surface area (TPSA) is 64.5 Å². The largest absolute Gasteiger partial charge is 0.275 e. The molecular weight excluding hydrogens is 520 g/mol. The molecule has 0 unspecified atom stereocenters. The lowest BCUT2D eigenvalue weighted by Crippen LogP contribution is -2.34. The van der Waals surface area contributed by atoms with E-state index in [2.05, 4.69) is 68.1 Å². The summed E-state index contributed by atoms with van der Waals surface area (Å²) >= 11 is 0. The molecule has 0 radical (unpaired) electrons. The van der Waals surface area contributed by atoms with E-state index >= 15 is 0 Å². The number of nitrogens with zero attached hydrogens (tertiary/aromatic N) is 8. The maximum Gasteiger partial charge on any atom is 0.168 e. The molecule has 4 aromatic heterocycles. The average Bonchev–Trinajstić information content (AvgIpc) is 3.59. The second kappa shape index (κ2) is 9.87. The fourth-order valence-corrected chi connectivity index (χ4v) is 5.61. The van der Waals surface area contributed by atoms with Gasteiger partial charge in [-0.25, -0.2) is 19.9 Å². The number of aromatic nitrogens is 4. The number of fused-ring (bicyclic) bond motifs is 2. The molecule has 200 valence electrons. The molecule has 8 rings (SSSR count). The Morgan fingerprint density at radius 3 is 0.738 bits per heavy atom. The van der Waals surface area contributed by atoms with Gasteiger partial charge in [-0.15, -0.1) is 0 Å². The molecule has 0 bridgehead atoms. The second-order valence-electron chi connectivity index (χ2n) is 9.72. The van der Waals surface area contributed by atoms with E-state index in [4.69, 9.17) is 19.9 Å². The van der Waals surface area contributed by atoms with Gasteiger partial charge in [-0.1, -0.05) is 48.5 Å². The molecule has 0 aliphatic carbocycles. The molecule has 0 fully saturated rings. The third-order valence-electron chi connectivity index (χ3n) is 7.29. The fourth-order valence-electron chi connectivity index (χ4n) is 5.61. The van der Waals surface area contributed by atoms with Crippen molar-refractivity contribution in [3.05, 3.63) is 158 Å². The van der Waals surface area contributed by atoms with Gasteiger partial charge in [-0.3, -0.25) is 19.6 Å². The molecule has 2 aliphatic rings. The summed E-state index contributed by atoms with van der Waals surface area (Å²) in [5, 5.41) is 0. The van der Waals surface area contributed by atoms with Crippen LogP contribution in [0.15, 0.2) is 158 Å². The van der Waals surface area contributed by atoms with Crippen molar-refractivity contribution in [3.8, 4) is 0 Å². The van der Waals surface area contributed by atoms with Gasteiger partial charge in [0.15, 0.2) is 11.6 Å². The van der Waals surface area contributed by atoms with Gasteiger partial charge in [0.25, 0.3) is 0 Å². The SMILES string of the molecule is c1ccc(N2C(=C3N(c4ccccn4)c4ccccc4N3c3ccccn3)N(c3ccccn3)c3ccccc32)nc1. The molecule has 42 heavy (non-hydrogen) atoms. The van der Waals surface area contributed by atoms with Crippen molar-refractivity contribution in [3.63, 3.8) is 0 Å². The Hall–Kier alpha value is -6.02. The summed E-state index contributed by atoms with van der Waals surface area (Å²) in [6, 6.07) is 40.5. The lowest BCUT2D eigenvalue weighted by atomic mass is 10.2. The van der Waals surface area contributed by atoms with Crippen LogP contribution in [0.1, 0.15) is 0 Å². The predicted molar refractivity (Wildman–Crippen MR) is 165 cm³/mol. The van der Waals surface area contributed by atoms with E-state index in [9.17, 15) is 0 Å². The van der Waals surface area contributed by atoms with Gasteiger partial charge in [0.1, 0.15) is 23.3 Å². The van der Waals surface area contributed by atoms with Gasteiger partial charge in [0.05, 0.1) is 22.7 Å². The van der Waals surface area contributed by atoms with Crippen LogP contribution in [0.5, 0.6) is 0 Å². The fraction of sp³-hybridized carbons (Fsp3) is 0. The highest BCUT2D eigenvalue weighted by Gasteiger charge is 2.45. The Morgan fingerprint density at radius 2 is 0.524 bits per heavy atom. The number of anilines is 8. The van der Waals surface area contributed by atoms with Crippen LogP contribution in [0.2, 0.25) is 0 Å².